The van der Waals surface area contributed by atoms with Gasteiger partial charge in [0.15, 0.2) is 0 Å². The minimum absolute atomic E-state index is 0.396. The Bertz CT molecular complexity index is 630. The summed E-state index contributed by atoms with van der Waals surface area (Å²) < 4.78 is 7.04. The molecule has 2 aromatic rings. The van der Waals surface area contributed by atoms with Crippen molar-refractivity contribution in [2.75, 3.05) is 19.6 Å². The van der Waals surface area contributed by atoms with Crippen LogP contribution in [0.3, 0.4) is 0 Å². The molecule has 2 aromatic carbocycles. The van der Waals surface area contributed by atoms with E-state index in [0.717, 1.165) is 23.1 Å². The van der Waals surface area contributed by atoms with Gasteiger partial charge in [-0.15, -0.1) is 0 Å². The minimum Gasteiger partial charge on any atom is -0.496 e. The Balaban J connectivity index is 2.23. The number of ether oxygens (including phenoxy) is 1. The number of halogens is 1. The van der Waals surface area contributed by atoms with Crippen LogP contribution in [-0.4, -0.2) is 19.6 Å². The normalized spacial score (nSPS) is 20.2. The van der Waals surface area contributed by atoms with Crippen LogP contribution in [0.5, 0.6) is 5.75 Å². The Morgan fingerprint density at radius 3 is 1.70 bits per heavy atom. The molecule has 0 saturated carbocycles. The lowest BCUT2D eigenvalue weighted by Gasteiger charge is -2.23. The van der Waals surface area contributed by atoms with Gasteiger partial charge in [-0.05, 0) is 48.6 Å². The van der Waals surface area contributed by atoms with Crippen LogP contribution >= 0.6 is 39.5 Å². The topological polar surface area (TPSA) is 9.23 Å². The Kier molecular flexibility index (Phi) is 5.65. The number of fused-ring (bicyclic) bond motifs is 4. The molecule has 2 aliphatic carbocycles. The Morgan fingerprint density at radius 2 is 1.35 bits per heavy atom. The highest BCUT2D eigenvalue weighted by Gasteiger charge is 2.25. The summed E-state index contributed by atoms with van der Waals surface area (Å²) in [6.07, 6.45) is 6.42. The molecule has 4 heteroatoms. The van der Waals surface area contributed by atoms with Crippen molar-refractivity contribution in [1.29, 1.82) is 0 Å². The standard InChI is InChI=1S/C19H21BrOS2/c1-21-19-15-10-14(20)11-16(19)18(23-3)9-13-6-4-12(5-7-13)8-17(15)22-2/h4-7,10-11,17-18H,8-9H2,1-3H3. The van der Waals surface area contributed by atoms with Gasteiger partial charge < -0.3 is 4.74 Å². The third-order valence-electron chi connectivity index (χ3n) is 4.44. The zero-order chi connectivity index (χ0) is 16.4. The first-order valence-corrected chi connectivity index (χ1v) is 11.0. The summed E-state index contributed by atoms with van der Waals surface area (Å²) in [5, 5.41) is 0.792. The molecule has 23 heavy (non-hydrogen) atoms. The molecule has 4 rings (SSSR count). The van der Waals surface area contributed by atoms with Gasteiger partial charge in [0.1, 0.15) is 5.75 Å². The summed E-state index contributed by atoms with van der Waals surface area (Å²) in [4.78, 5) is 0. The Hall–Kier alpha value is -0.580. The van der Waals surface area contributed by atoms with Crippen molar-refractivity contribution in [1.82, 2.24) is 0 Å². The van der Waals surface area contributed by atoms with Gasteiger partial charge in [-0.25, -0.2) is 0 Å². The first kappa shape index (κ1) is 17.2. The van der Waals surface area contributed by atoms with Gasteiger partial charge in [0, 0.05) is 26.1 Å². The van der Waals surface area contributed by atoms with Crippen LogP contribution in [0.25, 0.3) is 0 Å². The molecule has 0 amide bonds. The molecule has 2 atom stereocenters. The highest BCUT2D eigenvalue weighted by Crippen LogP contribution is 2.45. The number of rotatable bonds is 3. The molecule has 2 aliphatic rings. The lowest BCUT2D eigenvalue weighted by atomic mass is 9.99. The molecule has 0 saturated heterocycles. The van der Waals surface area contributed by atoms with Crippen LogP contribution in [0.1, 0.15) is 32.8 Å². The first-order valence-electron chi connectivity index (χ1n) is 7.67. The zero-order valence-corrected chi connectivity index (χ0v) is 16.9. The quantitative estimate of drug-likeness (QED) is 0.609. The van der Waals surface area contributed by atoms with Gasteiger partial charge in [0.05, 0.1) is 7.11 Å². The van der Waals surface area contributed by atoms with Crippen LogP contribution in [0.15, 0.2) is 40.9 Å². The fraction of sp³-hybridized carbons (Fsp3) is 0.368. The molecular formula is C19H21BrOS2. The van der Waals surface area contributed by atoms with E-state index < -0.39 is 0 Å². The molecule has 0 aliphatic heterocycles. The van der Waals surface area contributed by atoms with Crippen LogP contribution in [-0.2, 0) is 12.8 Å². The highest BCUT2D eigenvalue weighted by atomic mass is 79.9. The predicted octanol–water partition coefficient (Wildman–Crippen LogP) is 6.06. The molecule has 0 heterocycles. The van der Waals surface area contributed by atoms with Gasteiger partial charge in [-0.3, -0.25) is 0 Å². The van der Waals surface area contributed by atoms with E-state index in [1.54, 1.807) is 7.11 Å². The van der Waals surface area contributed by atoms with E-state index in [9.17, 15) is 0 Å². The number of benzene rings is 2. The van der Waals surface area contributed by atoms with Crippen LogP contribution in [0.4, 0.5) is 0 Å². The highest BCUT2D eigenvalue weighted by molar-refractivity contribution is 9.10. The molecule has 0 radical (unpaired) electrons. The van der Waals surface area contributed by atoms with Gasteiger partial charge in [-0.2, -0.15) is 23.5 Å². The SMILES string of the molecule is COc1c2cc(Br)cc1C(SC)Cc1ccc(cc1)CC2SC. The number of hydrogen-bond donors (Lipinski definition) is 0. The number of hydrogen-bond acceptors (Lipinski definition) is 3. The summed E-state index contributed by atoms with van der Waals surface area (Å²) in [6, 6.07) is 13.6. The molecular weight excluding hydrogens is 388 g/mol. The number of methoxy groups -OCH3 is 1. The summed E-state index contributed by atoms with van der Waals surface area (Å²) in [5.74, 6) is 1.06. The summed E-state index contributed by atoms with van der Waals surface area (Å²) in [5.41, 5.74) is 5.37. The first-order chi connectivity index (χ1) is 11.2. The van der Waals surface area contributed by atoms with Gasteiger partial charge in [0.2, 0.25) is 0 Å². The van der Waals surface area contributed by atoms with E-state index >= 15 is 0 Å². The largest absolute Gasteiger partial charge is 0.496 e. The fourth-order valence-electron chi connectivity index (χ4n) is 3.23. The summed E-state index contributed by atoms with van der Waals surface area (Å²) >= 11 is 7.50. The van der Waals surface area contributed by atoms with Crippen molar-refractivity contribution in [2.24, 2.45) is 0 Å². The second kappa shape index (κ2) is 7.54. The third-order valence-corrected chi connectivity index (χ3v) is 6.88. The molecule has 122 valence electrons. The van der Waals surface area contributed by atoms with Gasteiger partial charge in [0.25, 0.3) is 0 Å². The van der Waals surface area contributed by atoms with Gasteiger partial charge in [-0.1, -0.05) is 40.2 Å². The van der Waals surface area contributed by atoms with Crippen molar-refractivity contribution >= 4 is 39.5 Å². The fourth-order valence-corrected chi connectivity index (χ4v) is 5.30. The van der Waals surface area contributed by atoms with Crippen LogP contribution in [0, 0.1) is 0 Å². The maximum absolute atomic E-state index is 5.89. The lowest BCUT2D eigenvalue weighted by Crippen LogP contribution is -2.06. The maximum Gasteiger partial charge on any atom is 0.127 e. The van der Waals surface area contributed by atoms with E-state index in [-0.39, 0.29) is 0 Å². The lowest BCUT2D eigenvalue weighted by molar-refractivity contribution is 0.403. The van der Waals surface area contributed by atoms with E-state index in [1.165, 1.54) is 22.3 Å². The molecule has 2 unspecified atom stereocenters. The van der Waals surface area contributed by atoms with Crippen molar-refractivity contribution in [2.45, 2.75) is 23.3 Å². The average Bonchev–Trinajstić information content (AvgIpc) is 2.59. The van der Waals surface area contributed by atoms with Crippen molar-refractivity contribution in [3.05, 3.63) is 63.1 Å². The van der Waals surface area contributed by atoms with E-state index in [4.69, 9.17) is 4.74 Å². The Morgan fingerprint density at radius 1 is 0.913 bits per heavy atom. The van der Waals surface area contributed by atoms with E-state index in [0.29, 0.717) is 10.5 Å². The average molecular weight is 409 g/mol. The van der Waals surface area contributed by atoms with Crippen LogP contribution < -0.4 is 4.74 Å². The van der Waals surface area contributed by atoms with Gasteiger partial charge >= 0.3 is 0 Å². The molecule has 0 aromatic heterocycles. The number of thioether (sulfide) groups is 2. The molecule has 0 fully saturated rings. The molecule has 1 nitrogen and oxygen atoms in total. The smallest absolute Gasteiger partial charge is 0.127 e. The minimum atomic E-state index is 0.396. The summed E-state index contributed by atoms with van der Waals surface area (Å²) in [7, 11) is 1.80. The maximum atomic E-state index is 5.89. The summed E-state index contributed by atoms with van der Waals surface area (Å²) in [6.45, 7) is 0. The third kappa shape index (κ3) is 3.59. The zero-order valence-electron chi connectivity index (χ0n) is 13.6. The monoisotopic (exact) mass is 408 g/mol. The predicted molar refractivity (Wildman–Crippen MR) is 107 cm³/mol. The molecule has 0 spiro atoms. The second-order valence-corrected chi connectivity index (χ2v) is 8.79. The van der Waals surface area contributed by atoms with E-state index in [2.05, 4.69) is 64.8 Å². The molecule has 0 N–H and O–H groups in total. The van der Waals surface area contributed by atoms with Crippen LogP contribution in [0.2, 0.25) is 0 Å². The van der Waals surface area contributed by atoms with Crippen molar-refractivity contribution in [3.8, 4) is 5.75 Å². The Labute approximate surface area is 155 Å². The van der Waals surface area contributed by atoms with Crippen molar-refractivity contribution < 1.29 is 4.74 Å². The second-order valence-electron chi connectivity index (χ2n) is 5.79. The van der Waals surface area contributed by atoms with Crippen molar-refractivity contribution in [3.63, 3.8) is 0 Å². The molecule has 4 bridgehead atoms. The van der Waals surface area contributed by atoms with E-state index in [1.807, 2.05) is 23.5 Å².